The molecule has 0 N–H and O–H groups in total. The summed E-state index contributed by atoms with van der Waals surface area (Å²) in [6.07, 6.45) is -0.334. The highest BCUT2D eigenvalue weighted by atomic mass is 19.4. The number of ether oxygens (including phenoxy) is 1. The molecule has 0 spiro atoms. The van der Waals surface area contributed by atoms with Crippen LogP contribution in [0.15, 0.2) is 48.5 Å². The highest BCUT2D eigenvalue weighted by Crippen LogP contribution is 2.35. The third-order valence-electron chi connectivity index (χ3n) is 6.98. The molecule has 4 rings (SSSR count). The van der Waals surface area contributed by atoms with Gasteiger partial charge in [0, 0.05) is 45.2 Å². The summed E-state index contributed by atoms with van der Waals surface area (Å²) >= 11 is 0. The van der Waals surface area contributed by atoms with E-state index in [0.29, 0.717) is 12.1 Å². The zero-order chi connectivity index (χ0) is 25.5. The minimum Gasteiger partial charge on any atom is -0.404 e. The normalized spacial score (nSPS) is 17.4. The van der Waals surface area contributed by atoms with Crippen LogP contribution in [-0.4, -0.2) is 56.4 Å². The molecule has 2 aliphatic rings. The Balaban J connectivity index is 1.46. The van der Waals surface area contributed by atoms with E-state index in [4.69, 9.17) is 0 Å². The summed E-state index contributed by atoms with van der Waals surface area (Å²) in [5.74, 6) is -0.668. The average molecular weight is 501 g/mol. The molecule has 0 unspecified atom stereocenters. The van der Waals surface area contributed by atoms with Crippen LogP contribution in [0.1, 0.15) is 37.7 Å². The smallest absolute Gasteiger partial charge is 0.404 e. The van der Waals surface area contributed by atoms with Crippen molar-refractivity contribution in [3.8, 4) is 11.8 Å². The lowest BCUT2D eigenvalue weighted by Gasteiger charge is -2.38. The molecule has 9 heteroatoms. The van der Waals surface area contributed by atoms with Gasteiger partial charge < -0.3 is 14.5 Å². The molecule has 2 aromatic carbocycles. The van der Waals surface area contributed by atoms with E-state index >= 15 is 0 Å². The van der Waals surface area contributed by atoms with Gasteiger partial charge in [-0.25, -0.2) is 0 Å². The Morgan fingerprint density at radius 2 is 1.67 bits per heavy atom. The predicted molar refractivity (Wildman–Crippen MR) is 132 cm³/mol. The lowest BCUT2D eigenvalue weighted by Crippen LogP contribution is -2.50. The van der Waals surface area contributed by atoms with E-state index in [1.807, 2.05) is 18.2 Å². The van der Waals surface area contributed by atoms with Crippen molar-refractivity contribution in [3.05, 3.63) is 54.1 Å². The number of amides is 1. The maximum absolute atomic E-state index is 13.5. The Morgan fingerprint density at radius 3 is 2.36 bits per heavy atom. The number of halogens is 3. The summed E-state index contributed by atoms with van der Waals surface area (Å²) in [4.78, 5) is 19.4. The molecule has 1 amide bonds. The largest absolute Gasteiger partial charge is 0.573 e. The molecular weight excluding hydrogens is 469 g/mol. The first-order chi connectivity index (χ1) is 17.4. The van der Waals surface area contributed by atoms with Gasteiger partial charge in [0.25, 0.3) is 0 Å². The first kappa shape index (κ1) is 25.8. The third-order valence-corrected chi connectivity index (χ3v) is 6.98. The van der Waals surface area contributed by atoms with E-state index < -0.39 is 6.36 Å². The summed E-state index contributed by atoms with van der Waals surface area (Å²) in [5, 5.41) is 9.40. The summed E-state index contributed by atoms with van der Waals surface area (Å²) in [6, 6.07) is 15.6. The Bertz CT molecular complexity index is 1070. The van der Waals surface area contributed by atoms with Crippen molar-refractivity contribution in [1.82, 2.24) is 4.90 Å². The summed E-state index contributed by atoms with van der Waals surface area (Å²) < 4.78 is 43.6. The van der Waals surface area contributed by atoms with Crippen molar-refractivity contribution in [3.63, 3.8) is 0 Å². The lowest BCUT2D eigenvalue weighted by molar-refractivity contribution is -0.274. The molecule has 1 aliphatic carbocycles. The first-order valence-electron chi connectivity index (χ1n) is 12.5. The van der Waals surface area contributed by atoms with Gasteiger partial charge in [0.1, 0.15) is 6.07 Å². The van der Waals surface area contributed by atoms with Gasteiger partial charge in [-0.05, 0) is 37.1 Å². The Labute approximate surface area is 209 Å². The molecule has 2 aromatic rings. The molecule has 2 fully saturated rings. The van der Waals surface area contributed by atoms with E-state index in [1.165, 1.54) is 23.1 Å². The highest BCUT2D eigenvalue weighted by molar-refractivity contribution is 5.96. The minimum absolute atomic E-state index is 0.130. The van der Waals surface area contributed by atoms with Crippen molar-refractivity contribution in [2.24, 2.45) is 5.92 Å². The number of benzene rings is 2. The molecule has 6 nitrogen and oxygen atoms in total. The van der Waals surface area contributed by atoms with Gasteiger partial charge in [-0.1, -0.05) is 43.5 Å². The molecule has 0 aromatic heterocycles. The van der Waals surface area contributed by atoms with E-state index in [1.54, 1.807) is 12.1 Å². The summed E-state index contributed by atoms with van der Waals surface area (Å²) in [7, 11) is 0. The number of nitrogens with zero attached hydrogens (tertiary/aromatic N) is 4. The number of rotatable bonds is 7. The van der Waals surface area contributed by atoms with Crippen LogP contribution >= 0.6 is 0 Å². The average Bonchev–Trinajstić information content (AvgIpc) is 2.89. The minimum atomic E-state index is -4.84. The molecule has 0 bridgehead atoms. The van der Waals surface area contributed by atoms with Gasteiger partial charge in [0.2, 0.25) is 5.91 Å². The monoisotopic (exact) mass is 500 g/mol. The van der Waals surface area contributed by atoms with Gasteiger partial charge in [-0.2, -0.15) is 5.26 Å². The fraction of sp³-hybridized carbons (Fsp3) is 0.481. The molecule has 36 heavy (non-hydrogen) atoms. The van der Waals surface area contributed by atoms with Crippen LogP contribution in [0.25, 0.3) is 0 Å². The second kappa shape index (κ2) is 11.7. The maximum Gasteiger partial charge on any atom is 0.573 e. The molecule has 0 atom stereocenters. The van der Waals surface area contributed by atoms with E-state index in [-0.39, 0.29) is 29.8 Å². The summed E-state index contributed by atoms with van der Waals surface area (Å²) in [6.45, 7) is 3.72. The topological polar surface area (TPSA) is 59.8 Å². The molecule has 1 aliphatic heterocycles. The zero-order valence-corrected chi connectivity index (χ0v) is 20.2. The quantitative estimate of drug-likeness (QED) is 0.524. The Morgan fingerprint density at radius 1 is 1.00 bits per heavy atom. The van der Waals surface area contributed by atoms with Crippen LogP contribution in [0.3, 0.4) is 0 Å². The number of carbonyl (C=O) groups excluding carboxylic acids is 1. The van der Waals surface area contributed by atoms with Gasteiger partial charge in [0.15, 0.2) is 5.75 Å². The molecule has 1 heterocycles. The van der Waals surface area contributed by atoms with Crippen LogP contribution in [0, 0.1) is 17.2 Å². The predicted octanol–water partition coefficient (Wildman–Crippen LogP) is 5.19. The fourth-order valence-corrected chi connectivity index (χ4v) is 5.11. The standard InChI is InChI=1S/C27H31F3N4O2/c28-27(29,30)36-25-13-7-6-12-24(25)34(26(35)21-8-2-1-3-9-21)19-16-32-14-17-33(18-15-32)23-11-5-4-10-22(23)20-31/h4-7,10-13,21H,1-3,8-9,14-19H2. The van der Waals surface area contributed by atoms with E-state index in [2.05, 4.69) is 20.6 Å². The second-order valence-electron chi connectivity index (χ2n) is 9.30. The number of hydrogen-bond acceptors (Lipinski definition) is 5. The number of anilines is 2. The molecule has 1 saturated heterocycles. The first-order valence-corrected chi connectivity index (χ1v) is 12.5. The fourth-order valence-electron chi connectivity index (χ4n) is 5.11. The van der Waals surface area contributed by atoms with Crippen LogP contribution in [0.4, 0.5) is 24.5 Å². The second-order valence-corrected chi connectivity index (χ2v) is 9.30. The van der Waals surface area contributed by atoms with Crippen LogP contribution in [-0.2, 0) is 4.79 Å². The van der Waals surface area contributed by atoms with E-state index in [9.17, 15) is 23.2 Å². The SMILES string of the molecule is N#Cc1ccccc1N1CCN(CCN(C(=O)C2CCCCC2)c2ccccc2OC(F)(F)F)CC1. The Hall–Kier alpha value is -3.25. The number of piperazine rings is 1. The highest BCUT2D eigenvalue weighted by Gasteiger charge is 2.35. The molecule has 1 saturated carbocycles. The zero-order valence-electron chi connectivity index (χ0n) is 20.2. The van der Waals surface area contributed by atoms with Gasteiger partial charge in [-0.15, -0.1) is 13.2 Å². The number of carbonyl (C=O) groups is 1. The Kier molecular flexibility index (Phi) is 8.36. The van der Waals surface area contributed by atoms with Gasteiger partial charge in [0.05, 0.1) is 16.9 Å². The van der Waals surface area contributed by atoms with Crippen LogP contribution in [0.2, 0.25) is 0 Å². The van der Waals surface area contributed by atoms with Gasteiger partial charge >= 0.3 is 6.36 Å². The number of para-hydroxylation sites is 3. The molecular formula is C27H31F3N4O2. The van der Waals surface area contributed by atoms with Crippen molar-refractivity contribution in [1.29, 1.82) is 5.26 Å². The van der Waals surface area contributed by atoms with Crippen LogP contribution < -0.4 is 14.5 Å². The third kappa shape index (κ3) is 6.49. The lowest BCUT2D eigenvalue weighted by atomic mass is 9.88. The van der Waals surface area contributed by atoms with Crippen LogP contribution in [0.5, 0.6) is 5.75 Å². The number of alkyl halides is 3. The van der Waals surface area contributed by atoms with Crippen molar-refractivity contribution >= 4 is 17.3 Å². The molecule has 192 valence electrons. The summed E-state index contributed by atoms with van der Waals surface area (Å²) in [5.41, 5.74) is 1.70. The van der Waals surface area contributed by atoms with E-state index in [0.717, 1.165) is 64.0 Å². The maximum atomic E-state index is 13.5. The number of nitriles is 1. The molecule has 0 radical (unpaired) electrons. The number of hydrogen-bond donors (Lipinski definition) is 0. The van der Waals surface area contributed by atoms with Gasteiger partial charge in [-0.3, -0.25) is 9.69 Å². The van der Waals surface area contributed by atoms with Crippen molar-refractivity contribution in [2.45, 2.75) is 38.5 Å². The van der Waals surface area contributed by atoms with Crippen molar-refractivity contribution in [2.75, 3.05) is 49.1 Å². The van der Waals surface area contributed by atoms with Crippen molar-refractivity contribution < 1.29 is 22.7 Å².